The molecule has 4 heteroatoms. The molecule has 18 heavy (non-hydrogen) atoms. The molecule has 2 bridgehead atoms. The van der Waals surface area contributed by atoms with Crippen molar-refractivity contribution < 1.29 is 5.11 Å². The monoisotopic (exact) mass is 245 g/mol. The molecule has 0 aromatic carbocycles. The van der Waals surface area contributed by atoms with Crippen molar-refractivity contribution in [2.45, 2.75) is 31.5 Å². The van der Waals surface area contributed by atoms with E-state index in [1.54, 1.807) is 0 Å². The van der Waals surface area contributed by atoms with E-state index in [4.69, 9.17) is 5.73 Å². The number of nitrogens with zero attached hydrogens (tertiary/aromatic N) is 2. The van der Waals surface area contributed by atoms with E-state index >= 15 is 0 Å². The number of aliphatic hydroxyl groups is 1. The van der Waals surface area contributed by atoms with Gasteiger partial charge in [-0.25, -0.2) is 4.98 Å². The van der Waals surface area contributed by atoms with E-state index in [0.717, 1.165) is 23.8 Å². The third kappa shape index (κ3) is 1.30. The summed E-state index contributed by atoms with van der Waals surface area (Å²) in [7, 11) is 0. The molecule has 3 fully saturated rings. The van der Waals surface area contributed by atoms with Gasteiger partial charge in [-0.05, 0) is 42.2 Å². The lowest BCUT2D eigenvalue weighted by atomic mass is 9.88. The van der Waals surface area contributed by atoms with Crippen LogP contribution in [0, 0.1) is 17.8 Å². The molecule has 1 aliphatic heterocycles. The van der Waals surface area contributed by atoms with Crippen molar-refractivity contribution in [1.29, 1.82) is 0 Å². The highest BCUT2D eigenvalue weighted by Crippen LogP contribution is 2.55. The number of aliphatic hydroxyl groups excluding tert-OH is 1. The van der Waals surface area contributed by atoms with Gasteiger partial charge in [0.1, 0.15) is 5.82 Å². The number of hydrogen-bond donors (Lipinski definition) is 2. The number of aromatic nitrogens is 1. The van der Waals surface area contributed by atoms with Gasteiger partial charge < -0.3 is 15.7 Å². The Bertz CT molecular complexity index is 459. The van der Waals surface area contributed by atoms with Crippen LogP contribution in [0.2, 0.25) is 0 Å². The summed E-state index contributed by atoms with van der Waals surface area (Å²) in [6.45, 7) is 1.60. The first kappa shape index (κ1) is 10.8. The number of hydrogen-bond acceptors (Lipinski definition) is 4. The third-order valence-corrected chi connectivity index (χ3v) is 5.19. The van der Waals surface area contributed by atoms with Crippen LogP contribution in [0.3, 0.4) is 0 Å². The SMILES string of the molecule is NCc1ccc(N2CC3CC4CC3C2C4O)nc1. The molecule has 5 atom stereocenters. The van der Waals surface area contributed by atoms with E-state index in [1.807, 2.05) is 18.3 Å². The zero-order valence-electron chi connectivity index (χ0n) is 10.4. The van der Waals surface area contributed by atoms with E-state index < -0.39 is 0 Å². The van der Waals surface area contributed by atoms with Gasteiger partial charge in [0.2, 0.25) is 0 Å². The Morgan fingerprint density at radius 1 is 1.33 bits per heavy atom. The number of rotatable bonds is 2. The van der Waals surface area contributed by atoms with Crippen LogP contribution < -0.4 is 10.6 Å². The second-order valence-electron chi connectivity index (χ2n) is 6.02. The van der Waals surface area contributed by atoms with Crippen LogP contribution in [0.4, 0.5) is 5.82 Å². The predicted molar refractivity (Wildman–Crippen MR) is 69.0 cm³/mol. The second kappa shape index (κ2) is 3.68. The normalized spacial score (nSPS) is 40.8. The molecule has 2 heterocycles. The van der Waals surface area contributed by atoms with Crippen molar-refractivity contribution in [3.63, 3.8) is 0 Å². The summed E-state index contributed by atoms with van der Waals surface area (Å²) in [6.07, 6.45) is 4.13. The molecule has 96 valence electrons. The lowest BCUT2D eigenvalue weighted by Gasteiger charge is -2.29. The molecule has 3 aliphatic rings. The van der Waals surface area contributed by atoms with Gasteiger partial charge in [-0.15, -0.1) is 0 Å². The molecule has 0 spiro atoms. The summed E-state index contributed by atoms with van der Waals surface area (Å²) in [5.41, 5.74) is 6.66. The van der Waals surface area contributed by atoms with E-state index in [9.17, 15) is 5.11 Å². The van der Waals surface area contributed by atoms with Gasteiger partial charge in [-0.2, -0.15) is 0 Å². The Morgan fingerprint density at radius 3 is 2.89 bits per heavy atom. The summed E-state index contributed by atoms with van der Waals surface area (Å²) >= 11 is 0. The fourth-order valence-corrected chi connectivity index (χ4v) is 4.38. The fraction of sp³-hybridized carbons (Fsp3) is 0.643. The molecule has 0 radical (unpaired) electrons. The maximum atomic E-state index is 10.3. The molecule has 5 unspecified atom stereocenters. The fourth-order valence-electron chi connectivity index (χ4n) is 4.38. The minimum absolute atomic E-state index is 0.148. The zero-order valence-corrected chi connectivity index (χ0v) is 10.4. The van der Waals surface area contributed by atoms with Crippen molar-refractivity contribution in [3.8, 4) is 0 Å². The Kier molecular flexibility index (Phi) is 2.20. The molecule has 1 aromatic rings. The van der Waals surface area contributed by atoms with Crippen molar-refractivity contribution in [1.82, 2.24) is 4.98 Å². The van der Waals surface area contributed by atoms with Gasteiger partial charge >= 0.3 is 0 Å². The standard InChI is InChI=1S/C14H19N3O/c15-5-8-1-2-12(16-6-8)17-7-10-3-9-4-11(10)13(17)14(9)18/h1-2,6,9-11,13-14,18H,3-5,7,15H2. The molecule has 4 nitrogen and oxygen atoms in total. The summed E-state index contributed by atoms with van der Waals surface area (Å²) in [6, 6.07) is 4.40. The van der Waals surface area contributed by atoms with Crippen molar-refractivity contribution in [2.75, 3.05) is 11.4 Å². The van der Waals surface area contributed by atoms with E-state index in [0.29, 0.717) is 24.4 Å². The van der Waals surface area contributed by atoms with E-state index in [1.165, 1.54) is 12.8 Å². The van der Waals surface area contributed by atoms with Crippen LogP contribution in [0.25, 0.3) is 0 Å². The molecule has 2 aliphatic carbocycles. The van der Waals surface area contributed by atoms with Gasteiger partial charge in [0, 0.05) is 19.3 Å². The number of anilines is 1. The average molecular weight is 245 g/mol. The van der Waals surface area contributed by atoms with Crippen LogP contribution in [-0.2, 0) is 6.54 Å². The lowest BCUT2D eigenvalue weighted by Crippen LogP contribution is -2.41. The zero-order chi connectivity index (χ0) is 12.3. The molecular formula is C14H19N3O. The van der Waals surface area contributed by atoms with Crippen LogP contribution >= 0.6 is 0 Å². The summed E-state index contributed by atoms with van der Waals surface area (Å²) < 4.78 is 0. The Morgan fingerprint density at radius 2 is 2.22 bits per heavy atom. The number of fused-ring (bicyclic) bond motifs is 1. The van der Waals surface area contributed by atoms with Crippen LogP contribution in [0.1, 0.15) is 18.4 Å². The first-order chi connectivity index (χ1) is 8.78. The Labute approximate surface area is 107 Å². The van der Waals surface area contributed by atoms with Crippen LogP contribution in [0.15, 0.2) is 18.3 Å². The van der Waals surface area contributed by atoms with Crippen molar-refractivity contribution in [2.24, 2.45) is 23.5 Å². The summed E-state index contributed by atoms with van der Waals surface area (Å²) in [5.74, 6) is 3.02. The summed E-state index contributed by atoms with van der Waals surface area (Å²) in [5, 5.41) is 10.3. The highest BCUT2D eigenvalue weighted by Gasteiger charge is 2.59. The van der Waals surface area contributed by atoms with Crippen molar-refractivity contribution in [3.05, 3.63) is 23.9 Å². The molecule has 2 saturated carbocycles. The largest absolute Gasteiger partial charge is 0.391 e. The third-order valence-electron chi connectivity index (χ3n) is 5.19. The van der Waals surface area contributed by atoms with Gasteiger partial charge in [-0.3, -0.25) is 0 Å². The quantitative estimate of drug-likeness (QED) is 0.807. The predicted octanol–water partition coefficient (Wildman–Crippen LogP) is 0.746. The van der Waals surface area contributed by atoms with Gasteiger partial charge in [0.05, 0.1) is 12.1 Å². The second-order valence-corrected chi connectivity index (χ2v) is 6.02. The molecule has 1 saturated heterocycles. The molecule has 1 aromatic heterocycles. The Balaban J connectivity index is 1.65. The molecule has 4 rings (SSSR count). The summed E-state index contributed by atoms with van der Waals surface area (Å²) in [4.78, 5) is 6.84. The minimum Gasteiger partial charge on any atom is -0.391 e. The topological polar surface area (TPSA) is 62.4 Å². The average Bonchev–Trinajstić information content (AvgIpc) is 3.00. The van der Waals surface area contributed by atoms with Crippen LogP contribution in [-0.4, -0.2) is 28.8 Å². The first-order valence-corrected chi connectivity index (χ1v) is 6.87. The molecular weight excluding hydrogens is 226 g/mol. The molecule has 3 N–H and O–H groups in total. The van der Waals surface area contributed by atoms with E-state index in [2.05, 4.69) is 9.88 Å². The van der Waals surface area contributed by atoms with Gasteiger partial charge in [0.25, 0.3) is 0 Å². The maximum absolute atomic E-state index is 10.3. The first-order valence-electron chi connectivity index (χ1n) is 6.87. The number of nitrogens with two attached hydrogens (primary N) is 1. The van der Waals surface area contributed by atoms with E-state index in [-0.39, 0.29) is 6.10 Å². The molecule has 0 amide bonds. The van der Waals surface area contributed by atoms with Crippen LogP contribution in [0.5, 0.6) is 0 Å². The van der Waals surface area contributed by atoms with Crippen molar-refractivity contribution >= 4 is 5.82 Å². The minimum atomic E-state index is -0.148. The number of pyridine rings is 1. The van der Waals surface area contributed by atoms with Gasteiger partial charge in [-0.1, -0.05) is 6.07 Å². The lowest BCUT2D eigenvalue weighted by molar-refractivity contribution is 0.0965. The van der Waals surface area contributed by atoms with Gasteiger partial charge in [0.15, 0.2) is 0 Å². The smallest absolute Gasteiger partial charge is 0.128 e. The maximum Gasteiger partial charge on any atom is 0.128 e. The highest BCUT2D eigenvalue weighted by molar-refractivity contribution is 5.45. The highest BCUT2D eigenvalue weighted by atomic mass is 16.3. The Hall–Kier alpha value is -1.13.